The molecule has 2 heterocycles. The van der Waals surface area contributed by atoms with Crippen molar-refractivity contribution in [1.82, 2.24) is 15.1 Å². The number of nitrogens with zero attached hydrogens (tertiary/aromatic N) is 2. The van der Waals surface area contributed by atoms with Gasteiger partial charge in [0.05, 0.1) is 24.2 Å². The van der Waals surface area contributed by atoms with E-state index in [0.717, 1.165) is 4.90 Å². The molecule has 0 unspecified atom stereocenters. The highest BCUT2D eigenvalue weighted by Gasteiger charge is 2.34. The van der Waals surface area contributed by atoms with Crippen LogP contribution in [-0.2, 0) is 20.9 Å². The lowest BCUT2D eigenvalue weighted by molar-refractivity contribution is -0.137. The Morgan fingerprint density at radius 2 is 1.94 bits per heavy atom. The molecule has 33 heavy (non-hydrogen) atoms. The largest absolute Gasteiger partial charge is 0.483 e. The normalized spacial score (nSPS) is 17.5. The molecule has 4 rings (SSSR count). The molecule has 0 atom stereocenters. The molecular formula is C23H21BrFN3O5. The van der Waals surface area contributed by atoms with Gasteiger partial charge in [-0.25, -0.2) is 9.18 Å². The van der Waals surface area contributed by atoms with Crippen LogP contribution >= 0.6 is 15.9 Å². The number of hydrogen-bond acceptors (Lipinski definition) is 5. The fraction of sp³-hybridized carbons (Fsp3) is 0.261. The van der Waals surface area contributed by atoms with Gasteiger partial charge in [0.25, 0.3) is 11.8 Å². The van der Waals surface area contributed by atoms with Crippen LogP contribution < -0.4 is 10.1 Å². The van der Waals surface area contributed by atoms with Gasteiger partial charge in [0.2, 0.25) is 0 Å². The maximum Gasteiger partial charge on any atom is 0.329 e. The topological polar surface area (TPSA) is 88.2 Å². The minimum absolute atomic E-state index is 0.0828. The summed E-state index contributed by atoms with van der Waals surface area (Å²) in [6, 6.07) is 10.4. The number of benzene rings is 2. The summed E-state index contributed by atoms with van der Waals surface area (Å²) < 4.78 is 25.4. The Morgan fingerprint density at radius 3 is 2.67 bits per heavy atom. The number of amides is 4. The molecule has 0 aromatic heterocycles. The quantitative estimate of drug-likeness (QED) is 0.470. The molecule has 0 saturated carbocycles. The zero-order valence-corrected chi connectivity index (χ0v) is 19.1. The molecule has 10 heteroatoms. The number of rotatable bonds is 6. The minimum atomic E-state index is -0.616. The molecule has 1 N–H and O–H groups in total. The van der Waals surface area contributed by atoms with Crippen LogP contribution in [0.15, 0.2) is 52.6 Å². The predicted molar refractivity (Wildman–Crippen MR) is 120 cm³/mol. The van der Waals surface area contributed by atoms with Crippen molar-refractivity contribution in [2.45, 2.75) is 6.54 Å². The third-order valence-electron chi connectivity index (χ3n) is 5.23. The van der Waals surface area contributed by atoms with E-state index in [1.807, 2.05) is 0 Å². The Kier molecular flexibility index (Phi) is 7.05. The van der Waals surface area contributed by atoms with Crippen molar-refractivity contribution in [1.29, 1.82) is 0 Å². The molecule has 2 saturated heterocycles. The van der Waals surface area contributed by atoms with Crippen LogP contribution in [0.25, 0.3) is 6.08 Å². The second-order valence-electron chi connectivity index (χ2n) is 7.44. The molecule has 172 valence electrons. The van der Waals surface area contributed by atoms with Crippen LogP contribution in [0.2, 0.25) is 0 Å². The molecular weight excluding hydrogens is 497 g/mol. The van der Waals surface area contributed by atoms with Crippen molar-refractivity contribution in [3.8, 4) is 5.75 Å². The second-order valence-corrected chi connectivity index (χ2v) is 8.30. The first-order chi connectivity index (χ1) is 15.9. The summed E-state index contributed by atoms with van der Waals surface area (Å²) in [5.41, 5.74) is 0.961. The highest BCUT2D eigenvalue weighted by Crippen LogP contribution is 2.28. The smallest absolute Gasteiger partial charge is 0.329 e. The predicted octanol–water partition coefficient (Wildman–Crippen LogP) is 2.92. The zero-order chi connectivity index (χ0) is 23.4. The van der Waals surface area contributed by atoms with E-state index in [-0.39, 0.29) is 30.3 Å². The Labute approximate surface area is 198 Å². The Bertz CT molecular complexity index is 1120. The van der Waals surface area contributed by atoms with Gasteiger partial charge in [-0.05, 0) is 45.8 Å². The molecule has 2 aromatic rings. The van der Waals surface area contributed by atoms with Gasteiger partial charge >= 0.3 is 6.03 Å². The number of morpholine rings is 1. The molecule has 0 spiro atoms. The fourth-order valence-corrected chi connectivity index (χ4v) is 3.96. The van der Waals surface area contributed by atoms with E-state index in [2.05, 4.69) is 21.2 Å². The van der Waals surface area contributed by atoms with E-state index in [1.54, 1.807) is 35.2 Å². The van der Waals surface area contributed by atoms with Gasteiger partial charge in [-0.2, -0.15) is 0 Å². The summed E-state index contributed by atoms with van der Waals surface area (Å²) in [5, 5.41) is 2.52. The number of halogens is 2. The Balaban J connectivity index is 1.41. The number of ether oxygens (including phenoxy) is 2. The summed E-state index contributed by atoms with van der Waals surface area (Å²) in [5.74, 6) is -0.676. The van der Waals surface area contributed by atoms with E-state index in [0.29, 0.717) is 42.1 Å². The molecule has 4 amide bonds. The van der Waals surface area contributed by atoms with Crippen molar-refractivity contribution in [3.05, 3.63) is 69.6 Å². The molecule has 2 aromatic carbocycles. The van der Waals surface area contributed by atoms with Crippen LogP contribution in [-0.4, -0.2) is 60.6 Å². The second kappa shape index (κ2) is 10.1. The van der Waals surface area contributed by atoms with Gasteiger partial charge in [0, 0.05) is 18.7 Å². The maximum atomic E-state index is 13.9. The average Bonchev–Trinajstić information content (AvgIpc) is 3.07. The van der Waals surface area contributed by atoms with Crippen molar-refractivity contribution < 1.29 is 28.2 Å². The van der Waals surface area contributed by atoms with Crippen LogP contribution in [0.1, 0.15) is 11.1 Å². The fourth-order valence-electron chi connectivity index (χ4n) is 3.45. The van der Waals surface area contributed by atoms with Crippen molar-refractivity contribution in [2.24, 2.45) is 0 Å². The first-order valence-electron chi connectivity index (χ1n) is 10.3. The first-order valence-corrected chi connectivity index (χ1v) is 11.1. The van der Waals surface area contributed by atoms with Gasteiger partial charge in [-0.1, -0.05) is 24.3 Å². The Hall–Kier alpha value is -3.24. The van der Waals surface area contributed by atoms with Crippen molar-refractivity contribution in [2.75, 3.05) is 32.9 Å². The molecule has 0 radical (unpaired) electrons. The third-order valence-corrected chi connectivity index (χ3v) is 5.85. The van der Waals surface area contributed by atoms with Crippen LogP contribution in [0.5, 0.6) is 5.75 Å². The monoisotopic (exact) mass is 517 g/mol. The highest BCUT2D eigenvalue weighted by atomic mass is 79.9. The number of urea groups is 1. The molecule has 2 fully saturated rings. The van der Waals surface area contributed by atoms with E-state index in [4.69, 9.17) is 9.47 Å². The summed E-state index contributed by atoms with van der Waals surface area (Å²) in [6.07, 6.45) is 1.52. The van der Waals surface area contributed by atoms with Crippen LogP contribution in [0, 0.1) is 5.82 Å². The summed E-state index contributed by atoms with van der Waals surface area (Å²) in [7, 11) is 0. The number of hydrogen-bond donors (Lipinski definition) is 1. The number of carbonyl (C=O) groups excluding carboxylic acids is 3. The van der Waals surface area contributed by atoms with Crippen molar-refractivity contribution >= 4 is 39.9 Å². The standard InChI is InChI=1S/C23H21BrFN3O5/c24-17-11-15(5-6-20(17)33-14-21(29)27-7-9-32-10-8-27)12-19-22(30)28(23(31)26-19)13-16-3-1-2-4-18(16)25/h1-6,11-12H,7-10,13-14H2,(H,26,31)/b19-12-. The van der Waals surface area contributed by atoms with Gasteiger partial charge < -0.3 is 19.7 Å². The van der Waals surface area contributed by atoms with Gasteiger partial charge in [0.1, 0.15) is 17.3 Å². The summed E-state index contributed by atoms with van der Waals surface area (Å²) in [4.78, 5) is 39.8. The Morgan fingerprint density at radius 1 is 1.18 bits per heavy atom. The number of carbonyl (C=O) groups is 3. The van der Waals surface area contributed by atoms with Gasteiger partial charge in [-0.15, -0.1) is 0 Å². The highest BCUT2D eigenvalue weighted by molar-refractivity contribution is 9.10. The molecule has 2 aliphatic heterocycles. The average molecular weight is 518 g/mol. The van der Waals surface area contributed by atoms with E-state index < -0.39 is 17.8 Å². The SMILES string of the molecule is O=C(COc1ccc(/C=C2\NC(=O)N(Cc3ccccc3F)C2=O)cc1Br)N1CCOCC1. The lowest BCUT2D eigenvalue weighted by Gasteiger charge is -2.26. The molecule has 0 aliphatic carbocycles. The summed E-state index contributed by atoms with van der Waals surface area (Å²) in [6.45, 7) is 1.87. The maximum absolute atomic E-state index is 13.9. The van der Waals surface area contributed by atoms with Gasteiger partial charge in [-0.3, -0.25) is 14.5 Å². The lowest BCUT2D eigenvalue weighted by atomic mass is 10.1. The van der Waals surface area contributed by atoms with Crippen LogP contribution in [0.4, 0.5) is 9.18 Å². The first kappa shape index (κ1) is 22.9. The summed E-state index contributed by atoms with van der Waals surface area (Å²) >= 11 is 3.41. The van der Waals surface area contributed by atoms with E-state index in [9.17, 15) is 18.8 Å². The van der Waals surface area contributed by atoms with Crippen molar-refractivity contribution in [3.63, 3.8) is 0 Å². The minimum Gasteiger partial charge on any atom is -0.483 e. The van der Waals surface area contributed by atoms with E-state index >= 15 is 0 Å². The molecule has 8 nitrogen and oxygen atoms in total. The van der Waals surface area contributed by atoms with Gasteiger partial charge in [0.15, 0.2) is 6.61 Å². The van der Waals surface area contributed by atoms with E-state index in [1.165, 1.54) is 18.2 Å². The zero-order valence-electron chi connectivity index (χ0n) is 17.6. The lowest BCUT2D eigenvalue weighted by Crippen LogP contribution is -2.43. The molecule has 0 bridgehead atoms. The van der Waals surface area contributed by atoms with Crippen LogP contribution in [0.3, 0.4) is 0 Å². The third kappa shape index (κ3) is 5.40. The number of nitrogens with one attached hydrogen (secondary N) is 1. The molecule has 2 aliphatic rings. The number of imide groups is 1.